The Hall–Kier alpha value is -6.65. The molecule has 9 rings (SSSR count). The fraction of sp³-hybridized carbons (Fsp3) is 0.0426. The first kappa shape index (κ1) is 30.4. The van der Waals surface area contributed by atoms with Crippen LogP contribution in [0.15, 0.2) is 168 Å². The van der Waals surface area contributed by atoms with Gasteiger partial charge in [-0.1, -0.05) is 133 Å². The Kier molecular flexibility index (Phi) is 7.55. The molecule has 0 unspecified atom stereocenters. The molecule has 0 saturated heterocycles. The third-order valence-electron chi connectivity index (χ3n) is 9.64. The summed E-state index contributed by atoms with van der Waals surface area (Å²) >= 11 is 0. The van der Waals surface area contributed by atoms with Gasteiger partial charge in [0.05, 0.1) is 0 Å². The van der Waals surface area contributed by atoms with Crippen molar-refractivity contribution in [2.24, 2.45) is 0 Å². The van der Waals surface area contributed by atoms with Crippen LogP contribution in [0.25, 0.3) is 89.5 Å². The first-order valence-corrected chi connectivity index (χ1v) is 17.2. The minimum Gasteiger partial charge on any atom is -0.456 e. The summed E-state index contributed by atoms with van der Waals surface area (Å²) in [6.07, 6.45) is 0. The average molecular weight is 656 g/mol. The van der Waals surface area contributed by atoms with Crippen LogP contribution in [0.5, 0.6) is 0 Å². The third-order valence-corrected chi connectivity index (χ3v) is 9.64. The molecule has 0 atom stereocenters. The maximum absolute atomic E-state index is 6.43. The van der Waals surface area contributed by atoms with E-state index < -0.39 is 0 Å². The predicted molar refractivity (Wildman–Crippen MR) is 209 cm³/mol. The van der Waals surface area contributed by atoms with E-state index >= 15 is 0 Å². The van der Waals surface area contributed by atoms with Crippen molar-refractivity contribution in [3.8, 4) is 67.5 Å². The first-order chi connectivity index (χ1) is 25.1. The number of fused-ring (bicyclic) bond motifs is 3. The van der Waals surface area contributed by atoms with Crippen molar-refractivity contribution in [1.29, 1.82) is 0 Å². The van der Waals surface area contributed by atoms with Gasteiger partial charge in [-0.2, -0.15) is 0 Å². The fourth-order valence-electron chi connectivity index (χ4n) is 6.97. The standard InChI is InChI=1S/C47H33N3O/c1-30-13-9-10-20-38(30)40-28-36(24-23-31(40)2)34-18-11-19-35(27-34)37-25-26-42-41(29-37)44-39(21-12-22-43(44)51-42)47-49-45(32-14-5-3-6-15-32)48-46(50-47)33-16-7-4-8-17-33/h3-29H,1-2H3. The Bertz CT molecular complexity index is 2650. The highest BCUT2D eigenvalue weighted by Crippen LogP contribution is 2.39. The van der Waals surface area contributed by atoms with E-state index in [1.54, 1.807) is 0 Å². The topological polar surface area (TPSA) is 51.8 Å². The largest absolute Gasteiger partial charge is 0.456 e. The highest BCUT2D eigenvalue weighted by molar-refractivity contribution is 6.12. The van der Waals surface area contributed by atoms with Crippen LogP contribution in [0, 0.1) is 13.8 Å². The number of rotatable bonds is 6. The van der Waals surface area contributed by atoms with E-state index in [1.165, 1.54) is 33.4 Å². The molecule has 0 aliphatic rings. The van der Waals surface area contributed by atoms with Crippen LogP contribution in [0.1, 0.15) is 11.1 Å². The number of aromatic nitrogens is 3. The summed E-state index contributed by atoms with van der Waals surface area (Å²) in [6.45, 7) is 4.36. The molecule has 0 amide bonds. The second kappa shape index (κ2) is 12.7. The molecule has 0 spiro atoms. The molecule has 51 heavy (non-hydrogen) atoms. The van der Waals surface area contributed by atoms with Crippen LogP contribution in [0.3, 0.4) is 0 Å². The Labute approximate surface area is 296 Å². The van der Waals surface area contributed by atoms with Crippen LogP contribution >= 0.6 is 0 Å². The normalized spacial score (nSPS) is 11.3. The Balaban J connectivity index is 1.17. The van der Waals surface area contributed by atoms with Gasteiger partial charge in [0, 0.05) is 27.5 Å². The van der Waals surface area contributed by atoms with Gasteiger partial charge in [0.1, 0.15) is 11.2 Å². The quantitative estimate of drug-likeness (QED) is 0.179. The number of aryl methyl sites for hydroxylation is 2. The summed E-state index contributed by atoms with van der Waals surface area (Å²) in [4.78, 5) is 15.0. The number of nitrogens with zero attached hydrogens (tertiary/aromatic N) is 3. The maximum Gasteiger partial charge on any atom is 0.164 e. The van der Waals surface area contributed by atoms with E-state index in [1.807, 2.05) is 72.8 Å². The fourth-order valence-corrected chi connectivity index (χ4v) is 6.97. The van der Waals surface area contributed by atoms with Crippen LogP contribution in [0.4, 0.5) is 0 Å². The average Bonchev–Trinajstić information content (AvgIpc) is 3.57. The molecule has 0 radical (unpaired) electrons. The van der Waals surface area contributed by atoms with Crippen molar-refractivity contribution in [2.75, 3.05) is 0 Å². The smallest absolute Gasteiger partial charge is 0.164 e. The number of hydrogen-bond acceptors (Lipinski definition) is 4. The summed E-state index contributed by atoms with van der Waals surface area (Å²) in [5.74, 6) is 1.86. The highest BCUT2D eigenvalue weighted by atomic mass is 16.3. The molecule has 0 bridgehead atoms. The lowest BCUT2D eigenvalue weighted by Gasteiger charge is -2.13. The van der Waals surface area contributed by atoms with Gasteiger partial charge in [-0.3, -0.25) is 0 Å². The summed E-state index contributed by atoms with van der Waals surface area (Å²) in [7, 11) is 0. The van der Waals surface area contributed by atoms with E-state index in [2.05, 4.69) is 105 Å². The molecule has 2 aromatic heterocycles. The molecule has 0 aliphatic carbocycles. The van der Waals surface area contributed by atoms with Crippen LogP contribution in [0.2, 0.25) is 0 Å². The molecule has 0 fully saturated rings. The third kappa shape index (κ3) is 5.67. The van der Waals surface area contributed by atoms with Crippen LogP contribution < -0.4 is 0 Å². The van der Waals surface area contributed by atoms with Crippen molar-refractivity contribution >= 4 is 21.9 Å². The number of furan rings is 1. The predicted octanol–water partition coefficient (Wildman–Crippen LogP) is 12.4. The SMILES string of the molecule is Cc1ccccc1-c1cc(-c2cccc(-c3ccc4oc5cccc(-c6nc(-c7ccccc7)nc(-c7ccccc7)n6)c5c4c3)c2)ccc1C. The van der Waals surface area contributed by atoms with Crippen LogP contribution in [-0.2, 0) is 0 Å². The summed E-state index contributed by atoms with van der Waals surface area (Å²) in [5, 5.41) is 2.00. The molecule has 242 valence electrons. The Morgan fingerprint density at radius 2 is 0.882 bits per heavy atom. The molecular weight excluding hydrogens is 623 g/mol. The zero-order chi connectivity index (χ0) is 34.3. The first-order valence-electron chi connectivity index (χ1n) is 17.2. The van der Waals surface area contributed by atoms with Crippen molar-refractivity contribution in [3.63, 3.8) is 0 Å². The maximum atomic E-state index is 6.43. The monoisotopic (exact) mass is 655 g/mol. The Morgan fingerprint density at radius 3 is 1.59 bits per heavy atom. The number of benzene rings is 7. The Morgan fingerprint density at radius 1 is 0.353 bits per heavy atom. The highest BCUT2D eigenvalue weighted by Gasteiger charge is 2.18. The van der Waals surface area contributed by atoms with E-state index in [9.17, 15) is 0 Å². The van der Waals surface area contributed by atoms with Crippen LogP contribution in [-0.4, -0.2) is 15.0 Å². The molecule has 7 aromatic carbocycles. The van der Waals surface area contributed by atoms with Crippen molar-refractivity contribution in [3.05, 3.63) is 175 Å². The molecule has 0 N–H and O–H groups in total. The minimum absolute atomic E-state index is 0.604. The summed E-state index contributed by atoms with van der Waals surface area (Å²) < 4.78 is 6.43. The van der Waals surface area contributed by atoms with Gasteiger partial charge in [0.15, 0.2) is 17.5 Å². The van der Waals surface area contributed by atoms with Gasteiger partial charge in [-0.15, -0.1) is 0 Å². The van der Waals surface area contributed by atoms with Crippen molar-refractivity contribution in [2.45, 2.75) is 13.8 Å². The van der Waals surface area contributed by atoms with E-state index in [0.717, 1.165) is 49.8 Å². The van der Waals surface area contributed by atoms with E-state index in [4.69, 9.17) is 19.4 Å². The number of hydrogen-bond donors (Lipinski definition) is 0. The molecule has 0 saturated carbocycles. The summed E-state index contributed by atoms with van der Waals surface area (Å²) in [6, 6.07) is 56.8. The molecular formula is C47H33N3O. The van der Waals surface area contributed by atoms with Gasteiger partial charge in [-0.25, -0.2) is 15.0 Å². The molecule has 0 aliphatic heterocycles. The summed E-state index contributed by atoms with van der Waals surface area (Å²) in [5.41, 5.74) is 14.1. The molecule has 4 nitrogen and oxygen atoms in total. The van der Waals surface area contributed by atoms with Gasteiger partial charge >= 0.3 is 0 Å². The van der Waals surface area contributed by atoms with Gasteiger partial charge in [0.25, 0.3) is 0 Å². The lowest BCUT2D eigenvalue weighted by Crippen LogP contribution is -2.00. The van der Waals surface area contributed by atoms with E-state index in [0.29, 0.717) is 17.5 Å². The van der Waals surface area contributed by atoms with E-state index in [-0.39, 0.29) is 0 Å². The zero-order valence-electron chi connectivity index (χ0n) is 28.3. The second-order valence-electron chi connectivity index (χ2n) is 13.0. The van der Waals surface area contributed by atoms with Gasteiger partial charge in [0.2, 0.25) is 0 Å². The van der Waals surface area contributed by atoms with Gasteiger partial charge < -0.3 is 4.42 Å². The molecule has 9 aromatic rings. The lowest BCUT2D eigenvalue weighted by atomic mass is 9.92. The zero-order valence-corrected chi connectivity index (χ0v) is 28.3. The molecule has 2 heterocycles. The van der Waals surface area contributed by atoms with Crippen molar-refractivity contribution in [1.82, 2.24) is 15.0 Å². The second-order valence-corrected chi connectivity index (χ2v) is 13.0. The van der Waals surface area contributed by atoms with Crippen molar-refractivity contribution < 1.29 is 4.42 Å². The lowest BCUT2D eigenvalue weighted by molar-refractivity contribution is 0.669. The van der Waals surface area contributed by atoms with Gasteiger partial charge in [-0.05, 0) is 88.7 Å². The minimum atomic E-state index is 0.604. The molecule has 4 heteroatoms.